The van der Waals surface area contributed by atoms with Gasteiger partial charge in [-0.25, -0.2) is 20.1 Å². The van der Waals surface area contributed by atoms with Gasteiger partial charge in [-0.05, 0) is 162 Å². The summed E-state index contributed by atoms with van der Waals surface area (Å²) in [5, 5.41) is 0.375. The van der Waals surface area contributed by atoms with Gasteiger partial charge in [0.15, 0.2) is 46.0 Å². The van der Waals surface area contributed by atoms with Crippen molar-refractivity contribution in [1.82, 2.24) is 0 Å². The van der Waals surface area contributed by atoms with E-state index in [4.69, 9.17) is 47.4 Å². The van der Waals surface area contributed by atoms with Crippen LogP contribution in [-0.4, -0.2) is 118 Å². The first kappa shape index (κ1) is 51.3. The minimum atomic E-state index is -1.31. The van der Waals surface area contributed by atoms with Crippen molar-refractivity contribution in [3.63, 3.8) is 0 Å². The van der Waals surface area contributed by atoms with Crippen LogP contribution in [0.15, 0.2) is 60.7 Å². The van der Waals surface area contributed by atoms with Gasteiger partial charge >= 0.3 is 11.9 Å². The van der Waals surface area contributed by atoms with Gasteiger partial charge in [-0.3, -0.25) is 9.59 Å². The van der Waals surface area contributed by atoms with Gasteiger partial charge in [0.25, 0.3) is 0 Å². The average molecular weight is 965 g/mol. The number of esters is 2. The minimum Gasteiger partial charge on any atom is -0.493 e. The molecular weight excluding hydrogens is 893 g/mol. The number of fused-ring (bicyclic) bond motifs is 2. The topological polar surface area (TPSA) is 126 Å². The monoisotopic (exact) mass is 964 g/mol. The molecular formula is C53H72O12S2. The average Bonchev–Trinajstić information content (AvgIpc) is 3.35. The smallest absolute Gasteiger partial charge is 0.306 e. The van der Waals surface area contributed by atoms with Gasteiger partial charge < -0.3 is 47.4 Å². The number of carbonyl (C=O) groups excluding carboxylic acids is 2. The quantitative estimate of drug-likeness (QED) is 0.0490. The molecule has 0 aromatic heterocycles. The van der Waals surface area contributed by atoms with Crippen LogP contribution in [0.3, 0.4) is 0 Å². The second-order valence-corrected chi connectivity index (χ2v) is 25.8. The first-order valence-electron chi connectivity index (χ1n) is 23.0. The van der Waals surface area contributed by atoms with Crippen LogP contribution in [0, 0.1) is 0 Å². The van der Waals surface area contributed by atoms with Crippen LogP contribution < -0.4 is 37.9 Å². The van der Waals surface area contributed by atoms with Crippen LogP contribution in [0.1, 0.15) is 76.0 Å². The molecule has 12 nitrogen and oxygen atoms in total. The maximum Gasteiger partial charge on any atom is 0.306 e. The Hall–Kier alpha value is -5.08. The van der Waals surface area contributed by atoms with Gasteiger partial charge in [0.05, 0.1) is 82.9 Å². The highest BCUT2D eigenvalue weighted by Gasteiger charge is 2.39. The van der Waals surface area contributed by atoms with Crippen LogP contribution in [0.5, 0.6) is 46.0 Å². The summed E-state index contributed by atoms with van der Waals surface area (Å²) in [6.45, 7) is 0.685. The highest BCUT2D eigenvalue weighted by atomic mass is 32.3. The van der Waals surface area contributed by atoms with Crippen molar-refractivity contribution in [1.29, 1.82) is 0 Å². The summed E-state index contributed by atoms with van der Waals surface area (Å²) < 4.78 is 56.7. The molecule has 67 heavy (non-hydrogen) atoms. The summed E-state index contributed by atoms with van der Waals surface area (Å²) in [6, 6.07) is 20.7. The number of benzene rings is 4. The van der Waals surface area contributed by atoms with Crippen LogP contribution >= 0.6 is 20.1 Å². The minimum absolute atomic E-state index is 0.175. The van der Waals surface area contributed by atoms with Crippen LogP contribution in [-0.2, 0) is 44.7 Å². The zero-order valence-corrected chi connectivity index (χ0v) is 42.9. The fraction of sp³-hybridized carbons (Fsp3) is 0.509. The molecule has 4 aromatic carbocycles. The van der Waals surface area contributed by atoms with Crippen molar-refractivity contribution in [2.45, 2.75) is 68.3 Å². The summed E-state index contributed by atoms with van der Waals surface area (Å²) in [4.78, 5) is 26.5. The van der Waals surface area contributed by atoms with Crippen molar-refractivity contribution in [3.05, 3.63) is 94.0 Å². The molecule has 0 bridgehead atoms. The fourth-order valence-electron chi connectivity index (χ4n) is 9.57. The fourth-order valence-corrected chi connectivity index (χ4v) is 16.6. The van der Waals surface area contributed by atoms with Crippen molar-refractivity contribution < 1.29 is 57.0 Å². The molecule has 0 fully saturated rings. The molecule has 0 saturated carbocycles. The van der Waals surface area contributed by atoms with Crippen LogP contribution in [0.2, 0.25) is 0 Å². The molecule has 0 amide bonds. The lowest BCUT2D eigenvalue weighted by Gasteiger charge is -2.48. The van der Waals surface area contributed by atoms with Crippen molar-refractivity contribution in [2.75, 3.05) is 106 Å². The van der Waals surface area contributed by atoms with E-state index >= 15 is 0 Å². The number of hydrogen-bond donors (Lipinski definition) is 0. The molecule has 2 heterocycles. The molecule has 0 spiro atoms. The number of methoxy groups -OCH3 is 8. The molecule has 6 rings (SSSR count). The second-order valence-electron chi connectivity index (χ2n) is 17.6. The van der Waals surface area contributed by atoms with Gasteiger partial charge in [0.1, 0.15) is 0 Å². The molecule has 2 aliphatic heterocycles. The van der Waals surface area contributed by atoms with Gasteiger partial charge in [0, 0.05) is 10.5 Å². The van der Waals surface area contributed by atoms with E-state index < -0.39 is 20.1 Å². The van der Waals surface area contributed by atoms with E-state index in [-0.39, 0.29) is 22.4 Å². The van der Waals surface area contributed by atoms with E-state index in [2.05, 4.69) is 61.0 Å². The molecule has 2 aliphatic rings. The number of rotatable bonds is 24. The summed E-state index contributed by atoms with van der Waals surface area (Å²) in [7, 11) is 10.6. The molecule has 14 heteroatoms. The third kappa shape index (κ3) is 12.3. The molecule has 0 radical (unpaired) electrons. The molecule has 0 N–H and O–H groups in total. The number of hydrogen-bond acceptors (Lipinski definition) is 12. The summed E-state index contributed by atoms with van der Waals surface area (Å²) in [6.07, 6.45) is 11.1. The zero-order valence-electron chi connectivity index (χ0n) is 41.3. The number of unbranched alkanes of at least 4 members (excludes halogenated alkanes) is 2. The molecule has 0 saturated heterocycles. The van der Waals surface area contributed by atoms with E-state index in [1.165, 1.54) is 22.3 Å². The predicted octanol–water partition coefficient (Wildman–Crippen LogP) is 10.0. The van der Waals surface area contributed by atoms with Crippen LogP contribution in [0.25, 0.3) is 0 Å². The van der Waals surface area contributed by atoms with Crippen molar-refractivity contribution in [2.24, 2.45) is 0 Å². The molecule has 4 atom stereocenters. The second kappa shape index (κ2) is 23.8. The molecule has 3 unspecified atom stereocenters. The third-order valence-corrected chi connectivity index (χ3v) is 21.8. The first-order valence-corrected chi connectivity index (χ1v) is 27.9. The van der Waals surface area contributed by atoms with Gasteiger partial charge in [-0.1, -0.05) is 12.1 Å². The Morgan fingerprint density at radius 3 is 1.16 bits per heavy atom. The van der Waals surface area contributed by atoms with E-state index in [9.17, 15) is 9.59 Å². The Bertz CT molecular complexity index is 2160. The lowest BCUT2D eigenvalue weighted by atomic mass is 9.96. The van der Waals surface area contributed by atoms with E-state index in [1.807, 2.05) is 12.1 Å². The van der Waals surface area contributed by atoms with Gasteiger partial charge in [-0.2, -0.15) is 0 Å². The first-order chi connectivity index (χ1) is 32.4. The Labute approximate surface area is 401 Å². The number of carbonyl (C=O) groups is 2. The predicted molar refractivity (Wildman–Crippen MR) is 270 cm³/mol. The largest absolute Gasteiger partial charge is 0.493 e. The van der Waals surface area contributed by atoms with Crippen molar-refractivity contribution in [3.8, 4) is 46.0 Å². The Kier molecular flexibility index (Phi) is 18.2. The Balaban J connectivity index is 0.987. The summed E-state index contributed by atoms with van der Waals surface area (Å²) in [5.74, 6) is 8.81. The maximum absolute atomic E-state index is 13.2. The lowest BCUT2D eigenvalue weighted by Crippen LogP contribution is -2.27. The lowest BCUT2D eigenvalue weighted by molar-refractivity contribution is -0.143. The van der Waals surface area contributed by atoms with E-state index in [1.54, 1.807) is 56.9 Å². The van der Waals surface area contributed by atoms with Gasteiger partial charge in [0.2, 0.25) is 0 Å². The molecule has 368 valence electrons. The number of aryl methyl sites for hydroxylation is 2. The molecule has 0 aliphatic carbocycles. The highest BCUT2D eigenvalue weighted by Crippen LogP contribution is 2.64. The zero-order chi connectivity index (χ0) is 48.1. The van der Waals surface area contributed by atoms with E-state index in [0.717, 1.165) is 77.7 Å². The Morgan fingerprint density at radius 2 is 0.806 bits per heavy atom. The number of ether oxygens (including phenoxy) is 10. The van der Waals surface area contributed by atoms with Crippen molar-refractivity contribution >= 4 is 32.0 Å². The summed E-state index contributed by atoms with van der Waals surface area (Å²) in [5.41, 5.74) is 7.29. The van der Waals surface area contributed by atoms with Crippen LogP contribution in [0.4, 0.5) is 0 Å². The summed E-state index contributed by atoms with van der Waals surface area (Å²) >= 11 is 0. The highest BCUT2D eigenvalue weighted by molar-refractivity contribution is 8.33. The standard InChI is InChI=1S/C53H72O12S2/c1-56-42-16-14-36(28-44(42)58-3)30-50-40-34-48(62-7)46(60-5)32-38(40)18-24-66(50,9)26-20-52(54)64-22-12-11-13-23-65-53(55)21-27-67(10)25-19-39-33-47(61-6)49(63-8)35-41(39)51(67)31-37-15-17-43(57-2)45(29-37)59-4/h14-17,28-29,32-35,50-51H,11-13,18-27,30-31H2,1-10H3/t50-,51?/m1/s1. The molecule has 4 aromatic rings. The third-order valence-electron chi connectivity index (χ3n) is 13.6. The SMILES string of the molecule is COc1ccc(CC2c3cc(OC)c(OC)cc3CCS2(C)CCC(=O)OCCCCCOC(=O)CCS2(C)CCc3cc(OC)c(OC)cc3[C@H]2Cc2ccc(OC)c(OC)c2)cc1OC. The Morgan fingerprint density at radius 1 is 0.463 bits per heavy atom. The normalized spacial score (nSPS) is 21.5. The maximum atomic E-state index is 13.2. The van der Waals surface area contributed by atoms with Gasteiger partial charge in [-0.15, -0.1) is 0 Å². The van der Waals surface area contributed by atoms with E-state index in [0.29, 0.717) is 73.4 Å².